The molecule has 0 aliphatic carbocycles. The summed E-state index contributed by atoms with van der Waals surface area (Å²) in [7, 11) is 0. The van der Waals surface area contributed by atoms with E-state index in [2.05, 4.69) is 20.9 Å². The molecular formula is C19H23N5O4. The Kier molecular flexibility index (Phi) is 5.43. The highest BCUT2D eigenvalue weighted by atomic mass is 16.6. The van der Waals surface area contributed by atoms with Crippen LogP contribution >= 0.6 is 0 Å². The fourth-order valence-electron chi connectivity index (χ4n) is 2.90. The number of carbonyl (C=O) groups excluding carboxylic acids is 3. The van der Waals surface area contributed by atoms with E-state index in [0.29, 0.717) is 36.2 Å². The van der Waals surface area contributed by atoms with Crippen molar-refractivity contribution in [3.8, 4) is 11.3 Å². The minimum absolute atomic E-state index is 0.278. The van der Waals surface area contributed by atoms with Crippen molar-refractivity contribution in [3.63, 3.8) is 0 Å². The molecule has 1 saturated heterocycles. The molecule has 1 fully saturated rings. The predicted molar refractivity (Wildman–Crippen MR) is 101 cm³/mol. The van der Waals surface area contributed by atoms with Crippen LogP contribution in [0.2, 0.25) is 0 Å². The summed E-state index contributed by atoms with van der Waals surface area (Å²) >= 11 is 0. The molecule has 0 bridgehead atoms. The summed E-state index contributed by atoms with van der Waals surface area (Å²) in [5.41, 5.74) is 1.04. The van der Waals surface area contributed by atoms with E-state index in [-0.39, 0.29) is 11.8 Å². The summed E-state index contributed by atoms with van der Waals surface area (Å²) in [6.07, 6.45) is 2.46. The standard InChI is InChI=1S/C19H23N5O4/c1-19(2,3)28-18(27)20-13-8-5-4-7-12(13)14-11-24(23-22-14)15-9-6-10-16(25)21-17(15)26/h4-5,7-8,11,15H,6,9-10H2,1-3H3,(H,20,27)(H,21,25,26). The Morgan fingerprint density at radius 1 is 1.29 bits per heavy atom. The Morgan fingerprint density at radius 3 is 2.79 bits per heavy atom. The van der Waals surface area contributed by atoms with Crippen LogP contribution in [0.1, 0.15) is 46.1 Å². The highest BCUT2D eigenvalue weighted by molar-refractivity contribution is 5.97. The second kappa shape index (κ2) is 7.79. The largest absolute Gasteiger partial charge is 0.444 e. The molecule has 0 radical (unpaired) electrons. The molecule has 148 valence electrons. The van der Waals surface area contributed by atoms with Gasteiger partial charge < -0.3 is 4.74 Å². The molecule has 1 aromatic carbocycles. The summed E-state index contributed by atoms with van der Waals surface area (Å²) in [5.74, 6) is -0.668. The summed E-state index contributed by atoms with van der Waals surface area (Å²) in [5, 5.41) is 13.3. The molecule has 1 aromatic heterocycles. The molecule has 1 unspecified atom stereocenters. The lowest BCUT2D eigenvalue weighted by Crippen LogP contribution is -2.34. The van der Waals surface area contributed by atoms with E-state index < -0.39 is 17.7 Å². The van der Waals surface area contributed by atoms with Crippen molar-refractivity contribution in [2.75, 3.05) is 5.32 Å². The molecule has 1 aliphatic heterocycles. The van der Waals surface area contributed by atoms with Gasteiger partial charge in [0.1, 0.15) is 17.3 Å². The molecule has 2 N–H and O–H groups in total. The number of ether oxygens (including phenoxy) is 1. The van der Waals surface area contributed by atoms with Crippen molar-refractivity contribution in [2.45, 2.75) is 51.7 Å². The van der Waals surface area contributed by atoms with Crippen LogP contribution in [0.4, 0.5) is 10.5 Å². The Morgan fingerprint density at radius 2 is 2.04 bits per heavy atom. The second-order valence-electron chi connectivity index (χ2n) is 7.58. The first kappa shape index (κ1) is 19.5. The topological polar surface area (TPSA) is 115 Å². The zero-order valence-electron chi connectivity index (χ0n) is 16.1. The van der Waals surface area contributed by atoms with E-state index >= 15 is 0 Å². The first-order valence-electron chi connectivity index (χ1n) is 9.08. The van der Waals surface area contributed by atoms with Gasteiger partial charge in [0.25, 0.3) is 5.91 Å². The molecule has 3 rings (SSSR count). The molecule has 2 heterocycles. The van der Waals surface area contributed by atoms with Gasteiger partial charge in [-0.05, 0) is 39.7 Å². The molecule has 1 aliphatic rings. The second-order valence-corrected chi connectivity index (χ2v) is 7.58. The third-order valence-electron chi connectivity index (χ3n) is 4.11. The summed E-state index contributed by atoms with van der Waals surface area (Å²) in [4.78, 5) is 35.9. The Hall–Kier alpha value is -3.23. The number of amides is 3. The number of nitrogens with zero attached hydrogens (tertiary/aromatic N) is 3. The number of carbonyl (C=O) groups is 3. The molecule has 2 aromatic rings. The first-order valence-corrected chi connectivity index (χ1v) is 9.08. The average Bonchev–Trinajstić information content (AvgIpc) is 3.00. The Bertz CT molecular complexity index is 900. The molecule has 0 spiro atoms. The van der Waals surface area contributed by atoms with Gasteiger partial charge in [0.15, 0.2) is 0 Å². The van der Waals surface area contributed by atoms with Gasteiger partial charge in [0.2, 0.25) is 5.91 Å². The fraction of sp³-hybridized carbons (Fsp3) is 0.421. The van der Waals surface area contributed by atoms with Crippen LogP contribution in [-0.4, -0.2) is 38.5 Å². The fourth-order valence-corrected chi connectivity index (χ4v) is 2.90. The van der Waals surface area contributed by atoms with E-state index in [9.17, 15) is 14.4 Å². The number of benzene rings is 1. The van der Waals surface area contributed by atoms with Gasteiger partial charge in [-0.2, -0.15) is 0 Å². The van der Waals surface area contributed by atoms with Crippen LogP contribution in [0.25, 0.3) is 11.3 Å². The minimum atomic E-state index is -0.619. The van der Waals surface area contributed by atoms with E-state index in [1.807, 2.05) is 6.07 Å². The van der Waals surface area contributed by atoms with Gasteiger partial charge in [0.05, 0.1) is 11.9 Å². The van der Waals surface area contributed by atoms with Gasteiger partial charge in [-0.15, -0.1) is 5.10 Å². The third kappa shape index (κ3) is 4.73. The molecule has 9 nitrogen and oxygen atoms in total. The summed E-state index contributed by atoms with van der Waals surface area (Å²) in [6.45, 7) is 5.35. The maximum atomic E-state index is 12.2. The third-order valence-corrected chi connectivity index (χ3v) is 4.11. The number of hydrogen-bond acceptors (Lipinski definition) is 6. The molecule has 1 atom stereocenters. The van der Waals surface area contributed by atoms with Crippen molar-refractivity contribution in [3.05, 3.63) is 30.5 Å². The van der Waals surface area contributed by atoms with Crippen molar-refractivity contribution in [1.82, 2.24) is 20.3 Å². The van der Waals surface area contributed by atoms with E-state index in [4.69, 9.17) is 4.74 Å². The minimum Gasteiger partial charge on any atom is -0.444 e. The van der Waals surface area contributed by atoms with E-state index in [1.165, 1.54) is 4.68 Å². The van der Waals surface area contributed by atoms with Crippen LogP contribution < -0.4 is 10.6 Å². The smallest absolute Gasteiger partial charge is 0.412 e. The predicted octanol–water partition coefficient (Wildman–Crippen LogP) is 2.66. The lowest BCUT2D eigenvalue weighted by atomic mass is 10.1. The van der Waals surface area contributed by atoms with Crippen LogP contribution in [0.15, 0.2) is 30.5 Å². The normalized spacial score (nSPS) is 17.6. The molecule has 28 heavy (non-hydrogen) atoms. The number of anilines is 1. The van der Waals surface area contributed by atoms with E-state index in [0.717, 1.165) is 0 Å². The van der Waals surface area contributed by atoms with Gasteiger partial charge in [-0.1, -0.05) is 23.4 Å². The van der Waals surface area contributed by atoms with Crippen molar-refractivity contribution < 1.29 is 19.1 Å². The number of imide groups is 1. The van der Waals surface area contributed by atoms with Gasteiger partial charge >= 0.3 is 6.09 Å². The monoisotopic (exact) mass is 385 g/mol. The zero-order chi connectivity index (χ0) is 20.3. The molecule has 3 amide bonds. The number of rotatable bonds is 3. The van der Waals surface area contributed by atoms with Crippen LogP contribution in [0.3, 0.4) is 0 Å². The molecule has 9 heteroatoms. The maximum Gasteiger partial charge on any atom is 0.412 e. The lowest BCUT2D eigenvalue weighted by Gasteiger charge is -2.20. The van der Waals surface area contributed by atoms with Gasteiger partial charge in [-0.25, -0.2) is 9.48 Å². The number of nitrogens with one attached hydrogen (secondary N) is 2. The number of aromatic nitrogens is 3. The lowest BCUT2D eigenvalue weighted by molar-refractivity contribution is -0.131. The highest BCUT2D eigenvalue weighted by Gasteiger charge is 2.27. The Labute approximate surface area is 162 Å². The van der Waals surface area contributed by atoms with Crippen LogP contribution in [0, 0.1) is 0 Å². The average molecular weight is 385 g/mol. The molecular weight excluding hydrogens is 362 g/mol. The quantitative estimate of drug-likeness (QED) is 0.785. The van der Waals surface area contributed by atoms with Crippen molar-refractivity contribution >= 4 is 23.6 Å². The zero-order valence-corrected chi connectivity index (χ0v) is 16.1. The summed E-state index contributed by atoms with van der Waals surface area (Å²) < 4.78 is 6.75. The summed E-state index contributed by atoms with van der Waals surface area (Å²) in [6, 6.07) is 6.52. The SMILES string of the molecule is CC(C)(C)OC(=O)Nc1ccccc1-c1cn(C2CCCC(=O)NC2=O)nn1. The van der Waals surface area contributed by atoms with Crippen LogP contribution in [-0.2, 0) is 14.3 Å². The van der Waals surface area contributed by atoms with Crippen LogP contribution in [0.5, 0.6) is 0 Å². The highest BCUT2D eigenvalue weighted by Crippen LogP contribution is 2.28. The maximum absolute atomic E-state index is 12.2. The number of hydrogen-bond donors (Lipinski definition) is 2. The van der Waals surface area contributed by atoms with Crippen molar-refractivity contribution in [2.24, 2.45) is 0 Å². The molecule has 0 saturated carbocycles. The van der Waals surface area contributed by atoms with Crippen molar-refractivity contribution in [1.29, 1.82) is 0 Å². The van der Waals surface area contributed by atoms with E-state index in [1.54, 1.807) is 45.2 Å². The Balaban J connectivity index is 1.83. The van der Waals surface area contributed by atoms with Gasteiger partial charge in [-0.3, -0.25) is 20.2 Å². The van der Waals surface area contributed by atoms with Gasteiger partial charge in [0, 0.05) is 12.0 Å². The first-order chi connectivity index (χ1) is 13.2. The number of para-hydroxylation sites is 1.